The number of nitrogens with zero attached hydrogens (tertiary/aromatic N) is 4. The van der Waals surface area contributed by atoms with E-state index in [1.165, 1.54) is 19.1 Å². The summed E-state index contributed by atoms with van der Waals surface area (Å²) in [6, 6.07) is 7.01. The van der Waals surface area contributed by atoms with Crippen molar-refractivity contribution in [1.29, 1.82) is 0 Å². The van der Waals surface area contributed by atoms with Crippen molar-refractivity contribution >= 4 is 16.9 Å². The van der Waals surface area contributed by atoms with Crippen LogP contribution in [0.5, 0.6) is 0 Å². The van der Waals surface area contributed by atoms with E-state index >= 15 is 0 Å². The smallest absolute Gasteiger partial charge is 0.354 e. The highest BCUT2D eigenvalue weighted by Crippen LogP contribution is 2.33. The van der Waals surface area contributed by atoms with E-state index in [1.54, 1.807) is 35.3 Å². The second kappa shape index (κ2) is 7.19. The van der Waals surface area contributed by atoms with E-state index in [4.69, 9.17) is 0 Å². The van der Waals surface area contributed by atoms with Gasteiger partial charge in [-0.1, -0.05) is 12.1 Å². The molecule has 26 heavy (non-hydrogen) atoms. The van der Waals surface area contributed by atoms with Gasteiger partial charge in [-0.15, -0.1) is 0 Å². The number of benzene rings is 1. The van der Waals surface area contributed by atoms with Gasteiger partial charge in [0.15, 0.2) is 0 Å². The minimum absolute atomic E-state index is 0.207. The second-order valence-electron chi connectivity index (χ2n) is 5.88. The maximum absolute atomic E-state index is 13.3. The van der Waals surface area contributed by atoms with Crippen LogP contribution in [0.4, 0.5) is 13.2 Å². The van der Waals surface area contributed by atoms with Gasteiger partial charge < -0.3 is 9.88 Å². The molecule has 0 spiro atoms. The number of nitrogens with one attached hydrogen (secondary N) is 1. The minimum atomic E-state index is -4.65. The van der Waals surface area contributed by atoms with Gasteiger partial charge in [0.25, 0.3) is 0 Å². The van der Waals surface area contributed by atoms with Crippen LogP contribution in [-0.4, -0.2) is 31.8 Å². The molecule has 0 radical (unpaired) electrons. The second-order valence-corrected chi connectivity index (χ2v) is 5.88. The van der Waals surface area contributed by atoms with Crippen LogP contribution in [-0.2, 0) is 17.5 Å². The van der Waals surface area contributed by atoms with Crippen LogP contribution in [0.2, 0.25) is 0 Å². The van der Waals surface area contributed by atoms with Crippen LogP contribution >= 0.6 is 0 Å². The predicted molar refractivity (Wildman–Crippen MR) is 89.3 cm³/mol. The Morgan fingerprint density at radius 3 is 2.73 bits per heavy atom. The summed E-state index contributed by atoms with van der Waals surface area (Å²) in [5.74, 6) is -1.56. The Morgan fingerprint density at radius 2 is 2.04 bits per heavy atom. The molecule has 138 valence electrons. The Kier molecular flexibility index (Phi) is 4.97. The predicted octanol–water partition coefficient (Wildman–Crippen LogP) is 3.02. The molecule has 1 atom stereocenters. The summed E-state index contributed by atoms with van der Waals surface area (Å²) in [5.41, 5.74) is 0.483. The molecule has 6 nitrogen and oxygen atoms in total. The van der Waals surface area contributed by atoms with Gasteiger partial charge in [-0.05, 0) is 31.5 Å². The molecular weight excluding hydrogens is 347 g/mol. The number of imidazole rings is 1. The molecule has 2 heterocycles. The molecule has 3 rings (SSSR count). The van der Waals surface area contributed by atoms with Crippen molar-refractivity contribution in [3.8, 4) is 0 Å². The van der Waals surface area contributed by atoms with Gasteiger partial charge in [0.05, 0.1) is 11.0 Å². The van der Waals surface area contributed by atoms with Crippen LogP contribution in [0.3, 0.4) is 0 Å². The van der Waals surface area contributed by atoms with Gasteiger partial charge in [0.1, 0.15) is 6.04 Å². The van der Waals surface area contributed by atoms with E-state index in [9.17, 15) is 18.0 Å². The highest BCUT2D eigenvalue weighted by atomic mass is 19.4. The Morgan fingerprint density at radius 1 is 1.27 bits per heavy atom. The third-order valence-electron chi connectivity index (χ3n) is 4.04. The number of hydrogen-bond acceptors (Lipinski definition) is 3. The van der Waals surface area contributed by atoms with Gasteiger partial charge in [0.2, 0.25) is 11.7 Å². The zero-order valence-electron chi connectivity index (χ0n) is 14.1. The largest absolute Gasteiger partial charge is 0.449 e. The van der Waals surface area contributed by atoms with Crippen LogP contribution in [0, 0.1) is 0 Å². The number of carbonyl (C=O) groups is 1. The van der Waals surface area contributed by atoms with E-state index < -0.39 is 23.9 Å². The molecule has 3 aromatic rings. The number of fused-ring (bicyclic) bond motifs is 1. The van der Waals surface area contributed by atoms with E-state index in [-0.39, 0.29) is 11.0 Å². The molecule has 0 aliphatic carbocycles. The Balaban J connectivity index is 1.73. The normalized spacial score (nSPS) is 13.1. The number of carbonyl (C=O) groups excluding carboxylic acids is 1. The van der Waals surface area contributed by atoms with Gasteiger partial charge in [-0.3, -0.25) is 9.48 Å². The van der Waals surface area contributed by atoms with Crippen molar-refractivity contribution < 1.29 is 18.0 Å². The summed E-state index contributed by atoms with van der Waals surface area (Å²) in [6.07, 6.45) is -0.564. The van der Waals surface area contributed by atoms with Gasteiger partial charge in [0, 0.05) is 25.5 Å². The van der Waals surface area contributed by atoms with Gasteiger partial charge >= 0.3 is 6.18 Å². The number of hydrogen-bond donors (Lipinski definition) is 1. The maximum atomic E-state index is 13.3. The highest BCUT2D eigenvalue weighted by molar-refractivity contribution is 5.84. The zero-order valence-corrected chi connectivity index (χ0v) is 14.1. The third-order valence-corrected chi connectivity index (χ3v) is 4.04. The Hall–Kier alpha value is -2.84. The third kappa shape index (κ3) is 3.71. The Labute approximate surface area is 147 Å². The zero-order chi connectivity index (χ0) is 18.7. The number of amides is 1. The van der Waals surface area contributed by atoms with Crippen molar-refractivity contribution in [3.63, 3.8) is 0 Å². The summed E-state index contributed by atoms with van der Waals surface area (Å²) < 4.78 is 42.7. The molecule has 9 heteroatoms. The molecule has 0 saturated heterocycles. The first kappa shape index (κ1) is 18.0. The molecule has 0 fully saturated rings. The maximum Gasteiger partial charge on any atom is 0.449 e. The molecule has 0 bridgehead atoms. The van der Waals surface area contributed by atoms with Crippen molar-refractivity contribution in [2.75, 3.05) is 6.54 Å². The van der Waals surface area contributed by atoms with Crippen molar-refractivity contribution in [3.05, 3.63) is 48.5 Å². The molecule has 0 aliphatic heterocycles. The van der Waals surface area contributed by atoms with Gasteiger partial charge in [-0.2, -0.15) is 18.3 Å². The molecule has 0 aliphatic rings. The fourth-order valence-corrected chi connectivity index (χ4v) is 2.79. The SMILES string of the molecule is C[C@H](C(=O)NCCCn1cccn1)n1c(C(F)(F)F)nc2ccccc21. The quantitative estimate of drug-likeness (QED) is 0.683. The summed E-state index contributed by atoms with van der Waals surface area (Å²) in [6.45, 7) is 2.40. The fourth-order valence-electron chi connectivity index (χ4n) is 2.79. The van der Waals surface area contributed by atoms with Crippen molar-refractivity contribution in [2.24, 2.45) is 0 Å². The lowest BCUT2D eigenvalue weighted by Gasteiger charge is -2.18. The average molecular weight is 365 g/mol. The number of aromatic nitrogens is 4. The fraction of sp³-hybridized carbons (Fsp3) is 0.353. The monoisotopic (exact) mass is 365 g/mol. The number of aryl methyl sites for hydroxylation is 1. The standard InChI is InChI=1S/C17H18F3N5O/c1-12(15(26)21-8-4-10-24-11-5-9-22-24)25-14-7-3-2-6-13(14)23-16(25)17(18,19)20/h2-3,5-7,9,11-12H,4,8,10H2,1H3,(H,21,26)/t12-/m1/s1. The van der Waals surface area contributed by atoms with Crippen molar-refractivity contribution in [2.45, 2.75) is 32.1 Å². The van der Waals surface area contributed by atoms with Crippen LogP contribution < -0.4 is 5.32 Å². The molecule has 1 N–H and O–H groups in total. The first-order valence-electron chi connectivity index (χ1n) is 8.17. The summed E-state index contributed by atoms with van der Waals surface area (Å²) in [5, 5.41) is 6.73. The molecule has 1 aromatic carbocycles. The summed E-state index contributed by atoms with van der Waals surface area (Å²) >= 11 is 0. The summed E-state index contributed by atoms with van der Waals surface area (Å²) in [7, 11) is 0. The highest BCUT2D eigenvalue weighted by Gasteiger charge is 2.39. The number of alkyl halides is 3. The number of halogens is 3. The number of rotatable bonds is 6. The lowest BCUT2D eigenvalue weighted by molar-refractivity contribution is -0.148. The van der Waals surface area contributed by atoms with Crippen LogP contribution in [0.1, 0.15) is 25.2 Å². The lowest BCUT2D eigenvalue weighted by atomic mass is 10.2. The lowest BCUT2D eigenvalue weighted by Crippen LogP contribution is -2.33. The van der Waals surface area contributed by atoms with Crippen molar-refractivity contribution in [1.82, 2.24) is 24.6 Å². The molecule has 0 unspecified atom stereocenters. The molecule has 1 amide bonds. The molecule has 2 aromatic heterocycles. The molecular formula is C17H18F3N5O. The van der Waals surface area contributed by atoms with E-state index in [0.29, 0.717) is 19.5 Å². The number of para-hydroxylation sites is 2. The first-order chi connectivity index (χ1) is 12.4. The molecule has 0 saturated carbocycles. The van der Waals surface area contributed by atoms with Gasteiger partial charge in [-0.25, -0.2) is 4.98 Å². The van der Waals surface area contributed by atoms with E-state index in [2.05, 4.69) is 15.4 Å². The minimum Gasteiger partial charge on any atom is -0.354 e. The topological polar surface area (TPSA) is 64.7 Å². The van der Waals surface area contributed by atoms with Crippen LogP contribution in [0.25, 0.3) is 11.0 Å². The van der Waals surface area contributed by atoms with E-state index in [1.807, 2.05) is 0 Å². The van der Waals surface area contributed by atoms with E-state index in [0.717, 1.165) is 4.57 Å². The van der Waals surface area contributed by atoms with Crippen LogP contribution in [0.15, 0.2) is 42.7 Å². The first-order valence-corrected chi connectivity index (χ1v) is 8.17. The Bertz CT molecular complexity index is 886. The summed E-state index contributed by atoms with van der Waals surface area (Å²) in [4.78, 5) is 16.0. The average Bonchev–Trinajstić information content (AvgIpc) is 3.24.